The van der Waals surface area contributed by atoms with Gasteiger partial charge in [-0.1, -0.05) is 0 Å². The van der Waals surface area contributed by atoms with Crippen LogP contribution in [0.2, 0.25) is 0 Å². The molecular weight excluding hydrogens is 314 g/mol. The molecule has 1 unspecified atom stereocenters. The lowest BCUT2D eigenvalue weighted by Crippen LogP contribution is -2.40. The van der Waals surface area contributed by atoms with Crippen LogP contribution in [-0.4, -0.2) is 38.7 Å². The van der Waals surface area contributed by atoms with Crippen molar-refractivity contribution in [1.29, 1.82) is 0 Å². The second kappa shape index (κ2) is 6.43. The maximum atomic E-state index is 12.5. The zero-order valence-electron chi connectivity index (χ0n) is 12.0. The molecule has 0 bridgehead atoms. The topological polar surface area (TPSA) is 92.7 Å². The van der Waals surface area contributed by atoms with Gasteiger partial charge in [0, 0.05) is 19.3 Å². The number of aromatic carboxylic acids is 1. The van der Waals surface area contributed by atoms with Crippen LogP contribution in [-0.2, 0) is 14.8 Å². The lowest BCUT2D eigenvalue weighted by molar-refractivity contribution is 0.0585. The predicted molar refractivity (Wildman–Crippen MR) is 79.3 cm³/mol. The van der Waals surface area contributed by atoms with Crippen LogP contribution in [0, 0.1) is 12.8 Å². The molecule has 0 aromatic carbocycles. The number of ether oxygens (including phenoxy) is 1. The molecule has 0 saturated carbocycles. The van der Waals surface area contributed by atoms with Crippen molar-refractivity contribution < 1.29 is 23.1 Å². The zero-order chi connectivity index (χ0) is 15.6. The average Bonchev–Trinajstić information content (AvgIpc) is 2.82. The third-order valence-electron chi connectivity index (χ3n) is 3.70. The number of rotatable bonds is 5. The number of nitrogens with one attached hydrogen (secondary N) is 1. The van der Waals surface area contributed by atoms with Crippen LogP contribution in [0.4, 0.5) is 0 Å². The summed E-state index contributed by atoms with van der Waals surface area (Å²) in [4.78, 5) is 10.9. The summed E-state index contributed by atoms with van der Waals surface area (Å²) in [7, 11) is -3.83. The van der Waals surface area contributed by atoms with E-state index in [0.29, 0.717) is 18.8 Å². The molecule has 21 heavy (non-hydrogen) atoms. The molecule has 2 heterocycles. The zero-order valence-corrected chi connectivity index (χ0v) is 13.6. The van der Waals surface area contributed by atoms with Crippen LogP contribution >= 0.6 is 11.3 Å². The molecule has 2 rings (SSSR count). The summed E-state index contributed by atoms with van der Waals surface area (Å²) in [5, 5.41) is 10.7. The van der Waals surface area contributed by atoms with Crippen molar-refractivity contribution in [3.63, 3.8) is 0 Å². The van der Waals surface area contributed by atoms with Crippen molar-refractivity contribution >= 4 is 27.3 Å². The van der Waals surface area contributed by atoms with Gasteiger partial charge < -0.3 is 9.84 Å². The van der Waals surface area contributed by atoms with Crippen LogP contribution in [0.3, 0.4) is 0 Å². The quantitative estimate of drug-likeness (QED) is 0.858. The van der Waals surface area contributed by atoms with Gasteiger partial charge in [-0.15, -0.1) is 11.3 Å². The smallest absolute Gasteiger partial charge is 0.347 e. The first kappa shape index (κ1) is 16.4. The number of carbonyl (C=O) groups is 1. The van der Waals surface area contributed by atoms with Gasteiger partial charge in [-0.25, -0.2) is 17.9 Å². The van der Waals surface area contributed by atoms with Crippen LogP contribution in [0.5, 0.6) is 0 Å². The Morgan fingerprint density at radius 3 is 2.67 bits per heavy atom. The molecule has 1 atom stereocenters. The third kappa shape index (κ3) is 3.63. The fourth-order valence-electron chi connectivity index (χ4n) is 2.53. The van der Waals surface area contributed by atoms with E-state index >= 15 is 0 Å². The first-order valence-corrected chi connectivity index (χ1v) is 9.10. The minimum atomic E-state index is -3.83. The molecule has 1 aliphatic rings. The molecule has 8 heteroatoms. The van der Waals surface area contributed by atoms with Gasteiger partial charge in [-0.2, -0.15) is 0 Å². The minimum absolute atomic E-state index is 0.112. The average molecular weight is 333 g/mol. The first-order chi connectivity index (χ1) is 9.83. The number of carboxylic acids is 1. The van der Waals surface area contributed by atoms with Crippen LogP contribution in [0.15, 0.2) is 10.3 Å². The molecule has 0 radical (unpaired) electrons. The van der Waals surface area contributed by atoms with Gasteiger partial charge in [0.15, 0.2) is 0 Å². The summed E-state index contributed by atoms with van der Waals surface area (Å²) >= 11 is 0.935. The maximum absolute atomic E-state index is 12.5. The Kier molecular flexibility index (Phi) is 5.03. The highest BCUT2D eigenvalue weighted by molar-refractivity contribution is 7.89. The Hall–Kier alpha value is -0.960. The van der Waals surface area contributed by atoms with Gasteiger partial charge >= 0.3 is 5.97 Å². The molecule has 6 nitrogen and oxygen atoms in total. The Labute approximate surface area is 128 Å². The molecule has 0 aliphatic carbocycles. The first-order valence-electron chi connectivity index (χ1n) is 6.74. The number of sulfonamides is 1. The Morgan fingerprint density at radius 2 is 2.10 bits per heavy atom. The SMILES string of the molecule is Cc1csc(C(=O)O)c1S(=O)(=O)NC(C)C1CCOCC1. The van der Waals surface area contributed by atoms with Crippen molar-refractivity contribution in [3.8, 4) is 0 Å². The molecule has 2 N–H and O–H groups in total. The second-order valence-corrected chi connectivity index (χ2v) is 7.77. The van der Waals surface area contributed by atoms with E-state index in [1.54, 1.807) is 12.3 Å². The van der Waals surface area contributed by atoms with E-state index in [4.69, 9.17) is 9.84 Å². The Bertz CT molecular complexity index is 617. The standard InChI is InChI=1S/C13H19NO5S2/c1-8-7-20-11(13(15)16)12(8)21(17,18)14-9(2)10-3-5-19-6-4-10/h7,9-10,14H,3-6H2,1-2H3,(H,15,16). The van der Waals surface area contributed by atoms with E-state index < -0.39 is 16.0 Å². The molecule has 1 aromatic rings. The number of carboxylic acid groups (broad SMARTS) is 1. The van der Waals surface area contributed by atoms with Crippen molar-refractivity contribution in [2.75, 3.05) is 13.2 Å². The molecule has 0 spiro atoms. The van der Waals surface area contributed by atoms with Gasteiger partial charge in [-0.3, -0.25) is 0 Å². The molecular formula is C13H19NO5S2. The van der Waals surface area contributed by atoms with Gasteiger partial charge in [0.05, 0.1) is 0 Å². The predicted octanol–water partition coefficient (Wildman–Crippen LogP) is 1.85. The van der Waals surface area contributed by atoms with Gasteiger partial charge in [-0.05, 0) is 43.6 Å². The van der Waals surface area contributed by atoms with Crippen LogP contribution in [0.25, 0.3) is 0 Å². The van der Waals surface area contributed by atoms with Gasteiger partial charge in [0.1, 0.15) is 9.77 Å². The third-order valence-corrected chi connectivity index (χ3v) is 6.66. The minimum Gasteiger partial charge on any atom is -0.477 e. The van der Waals surface area contributed by atoms with E-state index in [2.05, 4.69) is 4.72 Å². The Balaban J connectivity index is 2.22. The molecule has 0 amide bonds. The number of hydrogen-bond acceptors (Lipinski definition) is 5. The highest BCUT2D eigenvalue weighted by Crippen LogP contribution is 2.28. The van der Waals surface area contributed by atoms with Gasteiger partial charge in [0.25, 0.3) is 0 Å². The fourth-order valence-corrected chi connectivity index (χ4v) is 5.47. The summed E-state index contributed by atoms with van der Waals surface area (Å²) in [6.07, 6.45) is 1.61. The van der Waals surface area contributed by atoms with Gasteiger partial charge in [0.2, 0.25) is 10.0 Å². The summed E-state index contributed by atoms with van der Waals surface area (Å²) in [6.45, 7) is 4.69. The molecule has 1 saturated heterocycles. The van der Waals surface area contributed by atoms with Crippen LogP contribution < -0.4 is 4.72 Å². The highest BCUT2D eigenvalue weighted by Gasteiger charge is 2.30. The van der Waals surface area contributed by atoms with E-state index in [1.165, 1.54) is 0 Å². The largest absolute Gasteiger partial charge is 0.477 e. The summed E-state index contributed by atoms with van der Waals surface area (Å²) < 4.78 is 32.9. The maximum Gasteiger partial charge on any atom is 0.347 e. The Morgan fingerprint density at radius 1 is 1.48 bits per heavy atom. The molecule has 1 fully saturated rings. The fraction of sp³-hybridized carbons (Fsp3) is 0.615. The van der Waals surface area contributed by atoms with Crippen molar-refractivity contribution in [2.24, 2.45) is 5.92 Å². The number of hydrogen-bond donors (Lipinski definition) is 2. The highest BCUT2D eigenvalue weighted by atomic mass is 32.2. The lowest BCUT2D eigenvalue weighted by atomic mass is 9.94. The molecule has 118 valence electrons. The van der Waals surface area contributed by atoms with E-state index in [9.17, 15) is 13.2 Å². The second-order valence-electron chi connectivity index (χ2n) is 5.24. The monoisotopic (exact) mass is 333 g/mol. The summed E-state index contributed by atoms with van der Waals surface area (Å²) in [5.74, 6) is -1.01. The van der Waals surface area contributed by atoms with Crippen molar-refractivity contribution in [1.82, 2.24) is 4.72 Å². The number of thiophene rings is 1. The van der Waals surface area contributed by atoms with E-state index in [-0.39, 0.29) is 21.7 Å². The molecule has 1 aromatic heterocycles. The van der Waals surface area contributed by atoms with Crippen LogP contribution in [0.1, 0.15) is 35.0 Å². The number of aryl methyl sites for hydroxylation is 1. The van der Waals surface area contributed by atoms with E-state index in [1.807, 2.05) is 6.92 Å². The lowest BCUT2D eigenvalue weighted by Gasteiger charge is -2.28. The summed E-state index contributed by atoms with van der Waals surface area (Å²) in [5.41, 5.74) is 0.462. The van der Waals surface area contributed by atoms with Crippen molar-refractivity contribution in [3.05, 3.63) is 15.8 Å². The van der Waals surface area contributed by atoms with Crippen molar-refractivity contribution in [2.45, 2.75) is 37.6 Å². The van der Waals surface area contributed by atoms with E-state index in [0.717, 1.165) is 24.2 Å². The summed E-state index contributed by atoms with van der Waals surface area (Å²) in [6, 6.07) is -0.250. The molecule has 1 aliphatic heterocycles. The normalized spacial score (nSPS) is 18.6.